The van der Waals surface area contributed by atoms with Crippen LogP contribution in [0.2, 0.25) is 5.02 Å². The minimum absolute atomic E-state index is 0.00753. The number of amides is 1. The van der Waals surface area contributed by atoms with Gasteiger partial charge >= 0.3 is 0 Å². The molecule has 1 amide bonds. The number of nitrogens with zero attached hydrogens (tertiary/aromatic N) is 6. The number of nitrogens with one attached hydrogen (secondary N) is 2. The van der Waals surface area contributed by atoms with Crippen molar-refractivity contribution in [1.29, 1.82) is 0 Å². The first kappa shape index (κ1) is 45.6. The number of carbonyl (C=O) groups is 1. The van der Waals surface area contributed by atoms with Gasteiger partial charge in [0, 0.05) is 113 Å². The molecule has 2 aromatic heterocycles. The predicted molar refractivity (Wildman–Crippen MR) is 257 cm³/mol. The molecule has 0 radical (unpaired) electrons. The number of carbonyl (C=O) groups excluding carboxylic acids is 1. The molecule has 2 N–H and O–H groups in total. The number of likely N-dealkylation sites (tertiary alicyclic amines) is 1. The van der Waals surface area contributed by atoms with Crippen LogP contribution >= 0.6 is 11.6 Å². The van der Waals surface area contributed by atoms with Gasteiger partial charge in [-0.15, -0.1) is 0 Å². The fourth-order valence-corrected chi connectivity index (χ4v) is 11.1. The summed E-state index contributed by atoms with van der Waals surface area (Å²) < 4.78 is 41.9. The monoisotopic (exact) mass is 936 g/mol. The molecular weight excluding hydrogens is 880 g/mol. The molecule has 5 aromatic rings. The molecule has 3 aromatic carbocycles. The summed E-state index contributed by atoms with van der Waals surface area (Å²) in [5.41, 5.74) is 5.73. The number of ether oxygens (including phenoxy) is 2. The Balaban J connectivity index is 0.924. The topological polar surface area (TPSA) is 166 Å². The van der Waals surface area contributed by atoms with Gasteiger partial charge in [0.2, 0.25) is 0 Å². The molecule has 4 aliphatic rings. The Kier molecular flexibility index (Phi) is 13.1. The lowest BCUT2D eigenvalue weighted by Gasteiger charge is -2.39. The lowest BCUT2D eigenvalue weighted by Crippen LogP contribution is -2.47. The van der Waals surface area contributed by atoms with Gasteiger partial charge in [-0.1, -0.05) is 43.2 Å². The predicted octanol–water partition coefficient (Wildman–Crippen LogP) is 8.51. The van der Waals surface area contributed by atoms with Gasteiger partial charge in [-0.05, 0) is 104 Å². The zero-order valence-electron chi connectivity index (χ0n) is 37.7. The lowest BCUT2D eigenvalue weighted by molar-refractivity contribution is -0.384. The van der Waals surface area contributed by atoms with E-state index >= 15 is 0 Å². The Morgan fingerprint density at radius 3 is 2.55 bits per heavy atom. The molecule has 3 saturated heterocycles. The Hall–Kier alpha value is -5.52. The molecule has 17 heteroatoms. The molecular formula is C49H57ClN8O7S. The first-order valence-corrected chi connectivity index (χ1v) is 24.7. The molecule has 1 unspecified atom stereocenters. The number of pyridine rings is 1. The molecule has 66 heavy (non-hydrogen) atoms. The van der Waals surface area contributed by atoms with Gasteiger partial charge in [0.25, 0.3) is 21.6 Å². The van der Waals surface area contributed by atoms with Crippen LogP contribution in [0, 0.1) is 15.5 Å². The number of piperazine rings is 1. The van der Waals surface area contributed by atoms with Crippen molar-refractivity contribution in [2.75, 3.05) is 75.9 Å². The smallest absolute Gasteiger partial charge is 0.293 e. The third-order valence-electron chi connectivity index (χ3n) is 13.9. The van der Waals surface area contributed by atoms with Gasteiger partial charge in [-0.3, -0.25) is 24.7 Å². The molecule has 0 saturated carbocycles. The maximum Gasteiger partial charge on any atom is 0.293 e. The summed E-state index contributed by atoms with van der Waals surface area (Å²) in [5, 5.41) is 14.0. The average Bonchev–Trinajstić information content (AvgIpc) is 4.01. The van der Waals surface area contributed by atoms with E-state index in [0.29, 0.717) is 23.1 Å². The molecule has 5 heterocycles. The normalized spacial score (nSPS) is 19.9. The van der Waals surface area contributed by atoms with Crippen LogP contribution in [0.5, 0.6) is 11.5 Å². The van der Waals surface area contributed by atoms with Gasteiger partial charge in [0.05, 0.1) is 21.6 Å². The molecule has 1 aliphatic carbocycles. The SMILES string of the molecule is CN(c1ccc(S(=O)(=O)NC(=O)c2ccc(N3CCN(CC4=C(c5ccc(Cl)cc5)CC(C)(C)CC4)CC3)cc2Oc2cnc3[nH]ccc3c2)cc1[N+](=O)[O-])C1CCN(C2CCOCC2)C1. The van der Waals surface area contributed by atoms with E-state index in [1.807, 2.05) is 23.1 Å². The standard InChI is InChI=1S/C49H57ClN8O7S/c1-49(2)17-12-35(43(29-49)33-4-6-36(50)7-5-33)31-55-20-22-56(23-21-55)38-8-10-42(46(27-38)65-40-26-34-13-18-51-47(34)52-30-40)48(59)53-66(62,63)41-9-11-44(45(28-41)58(60)61)54(3)39-14-19-57(32-39)37-15-24-64-25-16-37/h4-11,13,18,26-28,30,37,39H,12,14-17,19-25,29,31-32H2,1-3H3,(H,51,52)(H,53,59). The van der Waals surface area contributed by atoms with Crippen LogP contribution in [0.25, 0.3) is 16.6 Å². The number of likely N-dealkylation sites (N-methyl/N-ethyl adjacent to an activating group) is 1. The number of rotatable bonds is 13. The summed E-state index contributed by atoms with van der Waals surface area (Å²) >= 11 is 6.25. The minimum atomic E-state index is -4.58. The van der Waals surface area contributed by atoms with Crippen LogP contribution < -0.4 is 19.3 Å². The number of aromatic nitrogens is 2. The number of fused-ring (bicyclic) bond motifs is 1. The molecule has 348 valence electrons. The number of allylic oxidation sites excluding steroid dienone is 1. The summed E-state index contributed by atoms with van der Waals surface area (Å²) in [6.45, 7) is 11.7. The van der Waals surface area contributed by atoms with E-state index in [-0.39, 0.29) is 28.5 Å². The highest BCUT2D eigenvalue weighted by Gasteiger charge is 2.35. The maximum atomic E-state index is 14.1. The van der Waals surface area contributed by atoms with Crippen LogP contribution in [0.1, 0.15) is 68.3 Å². The summed E-state index contributed by atoms with van der Waals surface area (Å²) in [4.78, 5) is 42.1. The third kappa shape index (κ3) is 10.1. The summed E-state index contributed by atoms with van der Waals surface area (Å²) in [7, 11) is -2.77. The first-order valence-electron chi connectivity index (χ1n) is 22.8. The number of nitro benzene ring substituents is 1. The van der Waals surface area contributed by atoms with Crippen molar-refractivity contribution >= 4 is 61.2 Å². The molecule has 9 rings (SSSR count). The number of hydrogen-bond donors (Lipinski definition) is 2. The highest BCUT2D eigenvalue weighted by Crippen LogP contribution is 2.44. The van der Waals surface area contributed by atoms with Crippen molar-refractivity contribution in [3.05, 3.63) is 117 Å². The van der Waals surface area contributed by atoms with Crippen molar-refractivity contribution in [3.63, 3.8) is 0 Å². The van der Waals surface area contributed by atoms with E-state index in [2.05, 4.69) is 55.4 Å². The lowest BCUT2D eigenvalue weighted by atomic mass is 9.72. The number of anilines is 2. The van der Waals surface area contributed by atoms with Crippen molar-refractivity contribution in [2.45, 2.75) is 69.4 Å². The Labute approximate surface area is 390 Å². The highest BCUT2D eigenvalue weighted by atomic mass is 35.5. The number of sulfonamides is 1. The van der Waals surface area contributed by atoms with Gasteiger partial charge in [-0.2, -0.15) is 0 Å². The van der Waals surface area contributed by atoms with E-state index in [4.69, 9.17) is 21.1 Å². The largest absolute Gasteiger partial charge is 0.455 e. The second kappa shape index (κ2) is 19.0. The quantitative estimate of drug-likeness (QED) is 0.0855. The van der Waals surface area contributed by atoms with E-state index in [1.165, 1.54) is 35.0 Å². The second-order valence-electron chi connectivity index (χ2n) is 18.8. The van der Waals surface area contributed by atoms with Gasteiger partial charge in [-0.25, -0.2) is 18.1 Å². The second-order valence-corrected chi connectivity index (χ2v) is 20.9. The van der Waals surface area contributed by atoms with Gasteiger partial charge < -0.3 is 24.3 Å². The van der Waals surface area contributed by atoms with E-state index < -0.39 is 25.7 Å². The van der Waals surface area contributed by atoms with E-state index in [1.54, 1.807) is 37.5 Å². The average molecular weight is 938 g/mol. The molecule has 1 atom stereocenters. The van der Waals surface area contributed by atoms with Crippen molar-refractivity contribution in [3.8, 4) is 11.5 Å². The maximum absolute atomic E-state index is 14.1. The number of aromatic amines is 1. The minimum Gasteiger partial charge on any atom is -0.455 e. The number of benzene rings is 3. The van der Waals surface area contributed by atoms with Crippen LogP contribution in [0.15, 0.2) is 95.7 Å². The highest BCUT2D eigenvalue weighted by molar-refractivity contribution is 7.90. The van der Waals surface area contributed by atoms with Gasteiger partial charge in [0.15, 0.2) is 0 Å². The summed E-state index contributed by atoms with van der Waals surface area (Å²) in [6, 6.07) is 21.1. The van der Waals surface area contributed by atoms with Gasteiger partial charge in [0.1, 0.15) is 22.8 Å². The molecule has 3 aliphatic heterocycles. The molecule has 3 fully saturated rings. The van der Waals surface area contributed by atoms with Crippen molar-refractivity contribution < 1.29 is 27.6 Å². The van der Waals surface area contributed by atoms with E-state index in [0.717, 1.165) is 120 Å². The number of hydrogen-bond acceptors (Lipinski definition) is 12. The van der Waals surface area contributed by atoms with Crippen LogP contribution in [0.3, 0.4) is 0 Å². The number of halogens is 1. The van der Waals surface area contributed by atoms with Crippen molar-refractivity contribution in [1.82, 2.24) is 24.5 Å². The van der Waals surface area contributed by atoms with E-state index in [9.17, 15) is 23.3 Å². The van der Waals surface area contributed by atoms with Crippen molar-refractivity contribution in [2.24, 2.45) is 5.41 Å². The zero-order valence-corrected chi connectivity index (χ0v) is 39.2. The van der Waals surface area contributed by atoms with Crippen LogP contribution in [-0.2, 0) is 14.8 Å². The molecule has 15 nitrogen and oxygen atoms in total. The Morgan fingerprint density at radius 2 is 1.79 bits per heavy atom. The number of nitro groups is 1. The van der Waals surface area contributed by atoms with Crippen LogP contribution in [-0.4, -0.2) is 117 Å². The third-order valence-corrected chi connectivity index (χ3v) is 15.4. The first-order chi connectivity index (χ1) is 31.7. The fourth-order valence-electron chi connectivity index (χ4n) is 9.99. The molecule has 0 spiro atoms. The zero-order chi connectivity index (χ0) is 46.2. The Bertz CT molecular complexity index is 2750. The Morgan fingerprint density at radius 1 is 1.02 bits per heavy atom. The summed E-state index contributed by atoms with van der Waals surface area (Å²) in [6.07, 6.45) is 9.23. The van der Waals surface area contributed by atoms with Crippen LogP contribution in [0.4, 0.5) is 17.1 Å². The summed E-state index contributed by atoms with van der Waals surface area (Å²) in [5.74, 6) is -0.452. The number of H-pyrrole nitrogens is 1. The molecule has 0 bridgehead atoms. The fraction of sp³-hybridized carbons (Fsp3) is 0.429.